The quantitative estimate of drug-likeness (QED) is 0.283. The van der Waals surface area contributed by atoms with Gasteiger partial charge in [-0.1, -0.05) is 54.6 Å². The minimum atomic E-state index is 0.924. The normalized spacial score (nSPS) is 12.2. The zero-order valence-corrected chi connectivity index (χ0v) is 17.7. The van der Waals surface area contributed by atoms with Crippen LogP contribution in [0.1, 0.15) is 0 Å². The van der Waals surface area contributed by atoms with Crippen LogP contribution in [0, 0.1) is 0 Å². The van der Waals surface area contributed by atoms with Crippen molar-refractivity contribution in [3.8, 4) is 5.69 Å². The van der Waals surface area contributed by atoms with Gasteiger partial charge in [0, 0.05) is 38.1 Å². The Morgan fingerprint density at radius 3 is 2.00 bits per heavy atom. The van der Waals surface area contributed by atoms with Crippen LogP contribution in [0.3, 0.4) is 0 Å². The Kier molecular flexibility index (Phi) is 3.14. The zero-order valence-electron chi connectivity index (χ0n) is 17.7. The Hall–Kier alpha value is -4.50. The number of fused-ring (bicyclic) bond motifs is 10. The predicted octanol–water partition coefficient (Wildman–Crippen LogP) is 8.32. The van der Waals surface area contributed by atoms with Gasteiger partial charge in [0.05, 0.1) is 21.9 Å². The van der Waals surface area contributed by atoms with E-state index in [1.54, 1.807) is 0 Å². The average molecular weight is 422 g/mol. The Morgan fingerprint density at radius 1 is 0.545 bits per heavy atom. The third kappa shape index (κ3) is 2.18. The third-order valence-corrected chi connectivity index (χ3v) is 6.93. The molecule has 0 saturated carbocycles. The summed E-state index contributed by atoms with van der Waals surface area (Å²) < 4.78 is 8.74. The van der Waals surface area contributed by atoms with Crippen LogP contribution < -0.4 is 0 Å². The van der Waals surface area contributed by atoms with Crippen LogP contribution in [0.5, 0.6) is 0 Å². The molecule has 3 heterocycles. The summed E-state index contributed by atoms with van der Waals surface area (Å²) in [6.45, 7) is 0. The number of H-pyrrole nitrogens is 1. The molecule has 0 aliphatic heterocycles. The second-order valence-corrected chi connectivity index (χ2v) is 8.69. The lowest BCUT2D eigenvalue weighted by molar-refractivity contribution is 0.673. The molecule has 154 valence electrons. The molecular formula is C30H18N2O. The molecule has 0 spiro atoms. The number of hydrogen-bond acceptors (Lipinski definition) is 1. The molecular weight excluding hydrogens is 404 g/mol. The number of para-hydroxylation sites is 3. The van der Waals surface area contributed by atoms with Crippen molar-refractivity contribution in [3.05, 3.63) is 103 Å². The van der Waals surface area contributed by atoms with Crippen molar-refractivity contribution in [1.82, 2.24) is 9.55 Å². The zero-order chi connectivity index (χ0) is 21.5. The molecule has 33 heavy (non-hydrogen) atoms. The SMILES string of the molecule is c1ccc2c(c1)oc1c2ccc2[nH]c3ccc(-n4c5ccccc5c5ccccc54)cc3c21. The van der Waals surface area contributed by atoms with E-state index in [0.717, 1.165) is 44.0 Å². The molecule has 0 amide bonds. The highest BCUT2D eigenvalue weighted by Crippen LogP contribution is 2.39. The van der Waals surface area contributed by atoms with Gasteiger partial charge in [-0.05, 0) is 48.5 Å². The van der Waals surface area contributed by atoms with Crippen LogP contribution in [-0.4, -0.2) is 9.55 Å². The molecule has 5 aromatic carbocycles. The monoisotopic (exact) mass is 422 g/mol. The summed E-state index contributed by atoms with van der Waals surface area (Å²) in [6.07, 6.45) is 0. The first-order valence-corrected chi connectivity index (χ1v) is 11.2. The highest BCUT2D eigenvalue weighted by Gasteiger charge is 2.16. The summed E-state index contributed by atoms with van der Waals surface area (Å²) in [5.74, 6) is 0. The fourth-order valence-electron chi connectivity index (χ4n) is 5.49. The third-order valence-electron chi connectivity index (χ3n) is 6.93. The number of furan rings is 1. The maximum atomic E-state index is 6.38. The fraction of sp³-hybridized carbons (Fsp3) is 0. The van der Waals surface area contributed by atoms with Gasteiger partial charge in [0.1, 0.15) is 11.2 Å². The average Bonchev–Trinajstić information content (AvgIpc) is 3.52. The number of rotatable bonds is 1. The van der Waals surface area contributed by atoms with E-state index in [1.165, 1.54) is 27.2 Å². The van der Waals surface area contributed by atoms with Gasteiger partial charge in [-0.2, -0.15) is 0 Å². The Morgan fingerprint density at radius 2 is 1.21 bits per heavy atom. The maximum Gasteiger partial charge on any atom is 0.145 e. The van der Waals surface area contributed by atoms with Crippen LogP contribution >= 0.6 is 0 Å². The molecule has 0 atom stereocenters. The van der Waals surface area contributed by atoms with E-state index in [4.69, 9.17) is 4.42 Å². The van der Waals surface area contributed by atoms with Crippen molar-refractivity contribution in [2.24, 2.45) is 0 Å². The number of nitrogens with zero attached hydrogens (tertiary/aromatic N) is 1. The molecule has 0 aliphatic carbocycles. The van der Waals surface area contributed by atoms with Crippen LogP contribution in [-0.2, 0) is 0 Å². The number of hydrogen-bond donors (Lipinski definition) is 1. The van der Waals surface area contributed by atoms with Crippen molar-refractivity contribution >= 4 is 65.6 Å². The Bertz CT molecular complexity index is 1980. The lowest BCUT2D eigenvalue weighted by Crippen LogP contribution is -1.93. The summed E-state index contributed by atoms with van der Waals surface area (Å²) in [7, 11) is 0. The minimum absolute atomic E-state index is 0.924. The topological polar surface area (TPSA) is 33.9 Å². The number of aromatic amines is 1. The van der Waals surface area contributed by atoms with Gasteiger partial charge in [-0.15, -0.1) is 0 Å². The summed E-state index contributed by atoms with van der Waals surface area (Å²) in [5, 5.41) is 7.16. The Labute approximate surface area is 188 Å². The van der Waals surface area contributed by atoms with Crippen molar-refractivity contribution in [1.29, 1.82) is 0 Å². The van der Waals surface area contributed by atoms with Gasteiger partial charge < -0.3 is 14.0 Å². The number of benzene rings is 5. The first-order valence-electron chi connectivity index (χ1n) is 11.2. The van der Waals surface area contributed by atoms with Gasteiger partial charge in [-0.3, -0.25) is 0 Å². The molecule has 0 fully saturated rings. The molecule has 0 aliphatic rings. The van der Waals surface area contributed by atoms with Crippen molar-refractivity contribution < 1.29 is 4.42 Å². The largest absolute Gasteiger partial charge is 0.455 e. The molecule has 8 aromatic rings. The van der Waals surface area contributed by atoms with Crippen LogP contribution in [0.25, 0.3) is 71.2 Å². The van der Waals surface area contributed by atoms with E-state index >= 15 is 0 Å². The van der Waals surface area contributed by atoms with Crippen molar-refractivity contribution in [2.75, 3.05) is 0 Å². The van der Waals surface area contributed by atoms with Crippen LogP contribution in [0.4, 0.5) is 0 Å². The van der Waals surface area contributed by atoms with E-state index in [2.05, 4.69) is 101 Å². The summed E-state index contributed by atoms with van der Waals surface area (Å²) in [6, 6.07) is 36.5. The van der Waals surface area contributed by atoms with Crippen molar-refractivity contribution in [3.63, 3.8) is 0 Å². The van der Waals surface area contributed by atoms with Gasteiger partial charge in [0.25, 0.3) is 0 Å². The van der Waals surface area contributed by atoms with Crippen LogP contribution in [0.15, 0.2) is 108 Å². The highest BCUT2D eigenvalue weighted by atomic mass is 16.3. The van der Waals surface area contributed by atoms with Gasteiger partial charge >= 0.3 is 0 Å². The molecule has 8 rings (SSSR count). The first-order chi connectivity index (χ1) is 16.4. The summed E-state index contributed by atoms with van der Waals surface area (Å²) in [5.41, 5.74) is 7.65. The molecule has 0 bridgehead atoms. The summed E-state index contributed by atoms with van der Waals surface area (Å²) in [4.78, 5) is 3.59. The predicted molar refractivity (Wildman–Crippen MR) is 137 cm³/mol. The second kappa shape index (κ2) is 6.05. The van der Waals surface area contributed by atoms with Gasteiger partial charge in [-0.25, -0.2) is 0 Å². The van der Waals surface area contributed by atoms with E-state index in [9.17, 15) is 0 Å². The van der Waals surface area contributed by atoms with Gasteiger partial charge in [0.15, 0.2) is 0 Å². The van der Waals surface area contributed by atoms with Gasteiger partial charge in [0.2, 0.25) is 0 Å². The number of nitrogens with one attached hydrogen (secondary N) is 1. The molecule has 1 N–H and O–H groups in total. The van der Waals surface area contributed by atoms with E-state index in [-0.39, 0.29) is 0 Å². The molecule has 0 unspecified atom stereocenters. The lowest BCUT2D eigenvalue weighted by Gasteiger charge is -2.08. The molecule has 0 radical (unpaired) electrons. The number of aromatic nitrogens is 2. The lowest BCUT2D eigenvalue weighted by atomic mass is 10.1. The smallest absolute Gasteiger partial charge is 0.145 e. The first kappa shape index (κ1) is 17.1. The summed E-state index contributed by atoms with van der Waals surface area (Å²) >= 11 is 0. The Balaban J connectivity index is 1.51. The fourth-order valence-corrected chi connectivity index (χ4v) is 5.49. The van der Waals surface area contributed by atoms with E-state index in [1.807, 2.05) is 12.1 Å². The molecule has 3 nitrogen and oxygen atoms in total. The molecule has 0 saturated heterocycles. The standard InChI is InChI=1S/C30H18N2O/c1-4-10-26-19(7-1)20-8-2-5-11-27(20)32(26)18-13-15-24-23(17-18)29-25(31-24)16-14-22-21-9-3-6-12-28(21)33-30(22)29/h1-17,31H. The maximum absolute atomic E-state index is 6.38. The second-order valence-electron chi connectivity index (χ2n) is 8.69. The minimum Gasteiger partial charge on any atom is -0.455 e. The highest BCUT2D eigenvalue weighted by molar-refractivity contribution is 6.23. The van der Waals surface area contributed by atoms with E-state index < -0.39 is 0 Å². The molecule has 3 heteroatoms. The van der Waals surface area contributed by atoms with Crippen molar-refractivity contribution in [2.45, 2.75) is 0 Å². The van der Waals surface area contributed by atoms with Crippen LogP contribution in [0.2, 0.25) is 0 Å². The molecule has 3 aromatic heterocycles. The van der Waals surface area contributed by atoms with E-state index in [0.29, 0.717) is 0 Å².